The Balaban J connectivity index is 3.44. The summed E-state index contributed by atoms with van der Waals surface area (Å²) in [4.78, 5) is 26.9. The molecule has 0 saturated carbocycles. The normalized spacial score (nSPS) is 9.69. The van der Waals surface area contributed by atoms with Crippen LogP contribution in [-0.4, -0.2) is 37.1 Å². The van der Waals surface area contributed by atoms with Crippen LogP contribution in [0.1, 0.15) is 10.4 Å². The summed E-state index contributed by atoms with van der Waals surface area (Å²) in [7, 11) is 4.38. The van der Waals surface area contributed by atoms with Crippen LogP contribution in [0.2, 0.25) is 0 Å². The number of nitro groups is 1. The van der Waals surface area contributed by atoms with E-state index in [1.54, 1.807) is 14.1 Å². The number of carbonyl (C=O) groups excluding carboxylic acids is 1. The number of esters is 1. The Labute approximate surface area is 91.8 Å². The summed E-state index contributed by atoms with van der Waals surface area (Å²) in [6.07, 6.45) is 1.33. The predicted molar refractivity (Wildman–Crippen MR) is 56.6 cm³/mol. The monoisotopic (exact) mass is 225 g/mol. The van der Waals surface area contributed by atoms with Crippen molar-refractivity contribution in [2.45, 2.75) is 0 Å². The van der Waals surface area contributed by atoms with Crippen molar-refractivity contribution in [3.8, 4) is 0 Å². The molecule has 0 N–H and O–H groups in total. The van der Waals surface area contributed by atoms with Gasteiger partial charge in [0.2, 0.25) is 5.82 Å². The lowest BCUT2D eigenvalue weighted by molar-refractivity contribution is -0.384. The Morgan fingerprint density at radius 3 is 2.62 bits per heavy atom. The Hall–Kier alpha value is -2.18. The molecule has 1 aromatic rings. The second-order valence-electron chi connectivity index (χ2n) is 3.17. The predicted octanol–water partition coefficient (Wildman–Crippen LogP) is 0.842. The molecule has 0 amide bonds. The Kier molecular flexibility index (Phi) is 3.39. The average molecular weight is 225 g/mol. The third kappa shape index (κ3) is 2.08. The van der Waals surface area contributed by atoms with Gasteiger partial charge in [0.05, 0.1) is 12.0 Å². The van der Waals surface area contributed by atoms with Crippen molar-refractivity contribution in [1.82, 2.24) is 4.98 Å². The van der Waals surface area contributed by atoms with Crippen LogP contribution in [0.25, 0.3) is 0 Å². The third-order valence-electron chi connectivity index (χ3n) is 1.92. The number of ether oxygens (including phenoxy) is 1. The first-order chi connectivity index (χ1) is 7.49. The van der Waals surface area contributed by atoms with E-state index >= 15 is 0 Å². The summed E-state index contributed by atoms with van der Waals surface area (Å²) in [6.45, 7) is 0. The van der Waals surface area contributed by atoms with Gasteiger partial charge in [-0.15, -0.1) is 0 Å². The van der Waals surface area contributed by atoms with Crippen LogP contribution in [-0.2, 0) is 4.74 Å². The molecule has 0 aliphatic heterocycles. The minimum atomic E-state index is -0.753. The van der Waals surface area contributed by atoms with E-state index in [-0.39, 0.29) is 17.1 Å². The maximum absolute atomic E-state index is 11.3. The second-order valence-corrected chi connectivity index (χ2v) is 3.17. The van der Waals surface area contributed by atoms with Crippen LogP contribution in [0.5, 0.6) is 0 Å². The molecule has 86 valence electrons. The molecule has 0 spiro atoms. The SMILES string of the molecule is COC(=O)c1ccnc(N(C)C)c1[N+](=O)[O-]. The van der Waals surface area contributed by atoms with Gasteiger partial charge < -0.3 is 9.64 Å². The number of anilines is 1. The van der Waals surface area contributed by atoms with Gasteiger partial charge in [-0.25, -0.2) is 9.78 Å². The number of pyridine rings is 1. The number of aromatic nitrogens is 1. The van der Waals surface area contributed by atoms with E-state index in [0.717, 1.165) is 0 Å². The van der Waals surface area contributed by atoms with Crippen LogP contribution in [0.15, 0.2) is 12.3 Å². The van der Waals surface area contributed by atoms with Crippen molar-refractivity contribution in [1.29, 1.82) is 0 Å². The highest BCUT2D eigenvalue weighted by atomic mass is 16.6. The van der Waals surface area contributed by atoms with Crippen LogP contribution < -0.4 is 4.90 Å². The maximum Gasteiger partial charge on any atom is 0.345 e. The molecule has 0 saturated heterocycles. The summed E-state index contributed by atoms with van der Waals surface area (Å²) in [5.41, 5.74) is -0.453. The molecular weight excluding hydrogens is 214 g/mol. The molecule has 7 nitrogen and oxygen atoms in total. The summed E-state index contributed by atoms with van der Waals surface area (Å²) in [6, 6.07) is 1.26. The molecule has 0 aromatic carbocycles. The first-order valence-corrected chi connectivity index (χ1v) is 4.38. The number of hydrogen-bond acceptors (Lipinski definition) is 6. The van der Waals surface area contributed by atoms with Crippen molar-refractivity contribution in [3.05, 3.63) is 27.9 Å². The zero-order chi connectivity index (χ0) is 12.3. The number of nitrogens with zero attached hydrogens (tertiary/aromatic N) is 3. The van der Waals surface area contributed by atoms with Gasteiger partial charge in [0.15, 0.2) is 0 Å². The summed E-state index contributed by atoms with van der Waals surface area (Å²) >= 11 is 0. The minimum Gasteiger partial charge on any atom is -0.465 e. The number of methoxy groups -OCH3 is 1. The summed E-state index contributed by atoms with van der Waals surface area (Å²) in [5, 5.41) is 10.9. The average Bonchev–Trinajstić information content (AvgIpc) is 2.26. The first kappa shape index (κ1) is 11.9. The van der Waals surface area contributed by atoms with E-state index in [4.69, 9.17) is 0 Å². The minimum absolute atomic E-state index is 0.105. The first-order valence-electron chi connectivity index (χ1n) is 4.38. The van der Waals surface area contributed by atoms with E-state index in [1.165, 1.54) is 24.3 Å². The lowest BCUT2D eigenvalue weighted by Crippen LogP contribution is -2.16. The zero-order valence-electron chi connectivity index (χ0n) is 9.13. The molecule has 0 bridgehead atoms. The molecule has 0 aliphatic rings. The van der Waals surface area contributed by atoms with Gasteiger partial charge in [-0.2, -0.15) is 0 Å². The number of rotatable bonds is 3. The smallest absolute Gasteiger partial charge is 0.345 e. The molecule has 16 heavy (non-hydrogen) atoms. The van der Waals surface area contributed by atoms with Crippen molar-refractivity contribution < 1.29 is 14.5 Å². The van der Waals surface area contributed by atoms with Crippen molar-refractivity contribution >= 4 is 17.5 Å². The third-order valence-corrected chi connectivity index (χ3v) is 1.92. The van der Waals surface area contributed by atoms with E-state index in [9.17, 15) is 14.9 Å². The van der Waals surface area contributed by atoms with E-state index < -0.39 is 10.9 Å². The number of hydrogen-bond donors (Lipinski definition) is 0. The Bertz CT molecular complexity index is 431. The van der Waals surface area contributed by atoms with Crippen LogP contribution >= 0.6 is 0 Å². The van der Waals surface area contributed by atoms with E-state index in [1.807, 2.05) is 0 Å². The standard InChI is InChI=1S/C9H11N3O4/c1-11(2)8-7(12(14)15)6(4-5-10-8)9(13)16-3/h4-5H,1-3H3. The molecule has 0 radical (unpaired) electrons. The van der Waals surface area contributed by atoms with Gasteiger partial charge in [0.25, 0.3) is 0 Å². The Morgan fingerprint density at radius 1 is 1.56 bits per heavy atom. The summed E-state index contributed by atoms with van der Waals surface area (Å²) in [5.74, 6) is -0.634. The van der Waals surface area contributed by atoms with Gasteiger partial charge in [-0.1, -0.05) is 0 Å². The second kappa shape index (κ2) is 4.56. The quantitative estimate of drug-likeness (QED) is 0.430. The summed E-state index contributed by atoms with van der Waals surface area (Å²) < 4.78 is 4.47. The van der Waals surface area contributed by atoms with Crippen molar-refractivity contribution in [2.24, 2.45) is 0 Å². The van der Waals surface area contributed by atoms with Gasteiger partial charge in [0, 0.05) is 20.3 Å². The zero-order valence-corrected chi connectivity index (χ0v) is 9.13. The molecule has 0 fully saturated rings. The highest BCUT2D eigenvalue weighted by Gasteiger charge is 2.27. The van der Waals surface area contributed by atoms with Gasteiger partial charge in [0.1, 0.15) is 5.56 Å². The van der Waals surface area contributed by atoms with E-state index in [0.29, 0.717) is 0 Å². The fourth-order valence-corrected chi connectivity index (χ4v) is 1.22. The molecule has 1 aromatic heterocycles. The Morgan fingerprint density at radius 2 is 2.19 bits per heavy atom. The lowest BCUT2D eigenvalue weighted by Gasteiger charge is -2.12. The largest absolute Gasteiger partial charge is 0.465 e. The van der Waals surface area contributed by atoms with Crippen molar-refractivity contribution in [2.75, 3.05) is 26.1 Å². The molecule has 0 aliphatic carbocycles. The molecule has 0 atom stereocenters. The number of carbonyl (C=O) groups is 1. The fraction of sp³-hybridized carbons (Fsp3) is 0.333. The fourth-order valence-electron chi connectivity index (χ4n) is 1.22. The molecule has 1 heterocycles. The highest BCUT2D eigenvalue weighted by Crippen LogP contribution is 2.28. The van der Waals surface area contributed by atoms with E-state index in [2.05, 4.69) is 9.72 Å². The van der Waals surface area contributed by atoms with Crippen molar-refractivity contribution in [3.63, 3.8) is 0 Å². The van der Waals surface area contributed by atoms with Crippen LogP contribution in [0.3, 0.4) is 0 Å². The van der Waals surface area contributed by atoms with Crippen LogP contribution in [0.4, 0.5) is 11.5 Å². The lowest BCUT2D eigenvalue weighted by atomic mass is 10.2. The molecule has 7 heteroatoms. The molecular formula is C9H11N3O4. The topological polar surface area (TPSA) is 85.6 Å². The van der Waals surface area contributed by atoms with Gasteiger partial charge in [-0.05, 0) is 6.07 Å². The maximum atomic E-state index is 11.3. The molecule has 0 unspecified atom stereocenters. The van der Waals surface area contributed by atoms with Crippen LogP contribution in [0, 0.1) is 10.1 Å². The highest BCUT2D eigenvalue weighted by molar-refractivity contribution is 5.96. The molecule has 1 rings (SSSR count). The van der Waals surface area contributed by atoms with Gasteiger partial charge in [-0.3, -0.25) is 10.1 Å². The van der Waals surface area contributed by atoms with Gasteiger partial charge >= 0.3 is 11.7 Å².